The summed E-state index contributed by atoms with van der Waals surface area (Å²) in [6.07, 6.45) is 5.61. The summed E-state index contributed by atoms with van der Waals surface area (Å²) in [5.41, 5.74) is 3.02. The molecule has 1 aromatic carbocycles. The molecule has 0 saturated heterocycles. The summed E-state index contributed by atoms with van der Waals surface area (Å²) in [5.74, 6) is -0.465. The molecular weight excluding hydrogens is 287 g/mol. The number of carbonyl (C=O) groups is 1. The molecule has 0 fully saturated rings. The summed E-state index contributed by atoms with van der Waals surface area (Å²) in [6, 6.07) is 5.08. The summed E-state index contributed by atoms with van der Waals surface area (Å²) in [4.78, 5) is 19.2. The highest BCUT2D eigenvalue weighted by atomic mass is 35.5. The molecule has 0 radical (unpaired) electrons. The highest BCUT2D eigenvalue weighted by Crippen LogP contribution is 2.21. The Labute approximate surface area is 119 Å². The molecule has 0 atom stereocenters. The van der Waals surface area contributed by atoms with E-state index < -0.39 is 5.91 Å². The molecule has 0 bridgehead atoms. The van der Waals surface area contributed by atoms with Gasteiger partial charge < -0.3 is 0 Å². The van der Waals surface area contributed by atoms with Crippen LogP contribution in [0.15, 0.2) is 41.9 Å². The zero-order valence-electron chi connectivity index (χ0n) is 9.55. The first-order valence-electron chi connectivity index (χ1n) is 5.22. The van der Waals surface area contributed by atoms with Gasteiger partial charge in [-0.3, -0.25) is 9.78 Å². The molecule has 0 aliphatic rings. The topological polar surface area (TPSA) is 67.2 Å². The Morgan fingerprint density at radius 1 is 1.26 bits per heavy atom. The summed E-state index contributed by atoms with van der Waals surface area (Å²) in [6.45, 7) is 0. The number of nitrogens with zero attached hydrogens (tertiary/aromatic N) is 3. The minimum atomic E-state index is -0.465. The molecule has 96 valence electrons. The van der Waals surface area contributed by atoms with Crippen molar-refractivity contribution in [2.24, 2.45) is 5.10 Å². The van der Waals surface area contributed by atoms with Crippen LogP contribution in [-0.2, 0) is 0 Å². The van der Waals surface area contributed by atoms with Crippen LogP contribution in [0.5, 0.6) is 0 Å². The number of halogens is 2. The summed E-state index contributed by atoms with van der Waals surface area (Å²) >= 11 is 11.9. The van der Waals surface area contributed by atoms with Crippen molar-refractivity contribution in [3.8, 4) is 0 Å². The second kappa shape index (κ2) is 6.26. The van der Waals surface area contributed by atoms with Crippen molar-refractivity contribution < 1.29 is 4.79 Å². The van der Waals surface area contributed by atoms with E-state index in [2.05, 4.69) is 20.5 Å². The lowest BCUT2D eigenvalue weighted by atomic mass is 10.2. The minimum Gasteiger partial charge on any atom is -0.265 e. The maximum atomic E-state index is 11.6. The van der Waals surface area contributed by atoms with E-state index in [0.29, 0.717) is 15.6 Å². The number of aromatic nitrogens is 2. The maximum absolute atomic E-state index is 11.6. The van der Waals surface area contributed by atoms with Crippen LogP contribution in [0.4, 0.5) is 0 Å². The average molecular weight is 295 g/mol. The first-order valence-corrected chi connectivity index (χ1v) is 5.97. The Morgan fingerprint density at radius 2 is 2.00 bits per heavy atom. The number of carbonyl (C=O) groups excluding carboxylic acids is 1. The minimum absolute atomic E-state index is 0.171. The number of hydrogen-bond donors (Lipinski definition) is 1. The zero-order valence-corrected chi connectivity index (χ0v) is 11.1. The molecule has 1 N–H and O–H groups in total. The van der Waals surface area contributed by atoms with Crippen molar-refractivity contribution in [1.29, 1.82) is 0 Å². The smallest absolute Gasteiger partial charge is 0.265 e. The van der Waals surface area contributed by atoms with E-state index in [0.717, 1.165) is 0 Å². The first-order chi connectivity index (χ1) is 9.18. The van der Waals surface area contributed by atoms with Gasteiger partial charge in [0, 0.05) is 18.0 Å². The van der Waals surface area contributed by atoms with Crippen LogP contribution in [0.1, 0.15) is 16.1 Å². The van der Waals surface area contributed by atoms with Gasteiger partial charge in [-0.05, 0) is 12.1 Å². The van der Waals surface area contributed by atoms with Gasteiger partial charge in [0.1, 0.15) is 5.69 Å². The second-order valence-electron chi connectivity index (χ2n) is 3.43. The normalized spacial score (nSPS) is 10.6. The predicted molar refractivity (Wildman–Crippen MR) is 73.6 cm³/mol. The van der Waals surface area contributed by atoms with E-state index in [1.807, 2.05) is 0 Å². The van der Waals surface area contributed by atoms with Crippen LogP contribution in [0.3, 0.4) is 0 Å². The summed E-state index contributed by atoms with van der Waals surface area (Å²) in [7, 11) is 0. The molecular formula is C12H8Cl2N4O. The Kier molecular flexibility index (Phi) is 4.43. The molecule has 7 heteroatoms. The maximum Gasteiger partial charge on any atom is 0.291 e. The third kappa shape index (κ3) is 3.49. The lowest BCUT2D eigenvalue weighted by molar-refractivity contribution is 0.0949. The number of hydrazone groups is 1. The average Bonchev–Trinajstić information content (AvgIpc) is 2.43. The highest BCUT2D eigenvalue weighted by molar-refractivity contribution is 6.38. The van der Waals surface area contributed by atoms with E-state index >= 15 is 0 Å². The molecule has 1 aromatic heterocycles. The molecule has 19 heavy (non-hydrogen) atoms. The fourth-order valence-electron chi connectivity index (χ4n) is 1.26. The van der Waals surface area contributed by atoms with E-state index in [-0.39, 0.29) is 5.69 Å². The molecule has 0 aliphatic carbocycles. The summed E-state index contributed by atoms with van der Waals surface area (Å²) < 4.78 is 0. The second-order valence-corrected chi connectivity index (χ2v) is 4.24. The number of rotatable bonds is 3. The Morgan fingerprint density at radius 3 is 2.63 bits per heavy atom. The van der Waals surface area contributed by atoms with Crippen LogP contribution in [0.2, 0.25) is 10.0 Å². The van der Waals surface area contributed by atoms with E-state index in [1.165, 1.54) is 24.8 Å². The lowest BCUT2D eigenvalue weighted by Crippen LogP contribution is -2.19. The lowest BCUT2D eigenvalue weighted by Gasteiger charge is -2.01. The predicted octanol–water partition coefficient (Wildman–Crippen LogP) is 2.55. The molecule has 2 aromatic rings. The van der Waals surface area contributed by atoms with Gasteiger partial charge in [-0.15, -0.1) is 0 Å². The number of nitrogens with one attached hydrogen (secondary N) is 1. The van der Waals surface area contributed by atoms with Gasteiger partial charge in [0.25, 0.3) is 5.91 Å². The Hall–Kier alpha value is -1.98. The van der Waals surface area contributed by atoms with Crippen LogP contribution < -0.4 is 5.43 Å². The van der Waals surface area contributed by atoms with Gasteiger partial charge in [-0.1, -0.05) is 29.3 Å². The van der Waals surface area contributed by atoms with Crippen molar-refractivity contribution >= 4 is 35.3 Å². The van der Waals surface area contributed by atoms with Crippen molar-refractivity contribution in [3.05, 3.63) is 58.1 Å². The molecule has 1 amide bonds. The van der Waals surface area contributed by atoms with Gasteiger partial charge in [-0.2, -0.15) is 5.10 Å². The molecule has 0 aliphatic heterocycles. The van der Waals surface area contributed by atoms with Crippen LogP contribution in [0.25, 0.3) is 0 Å². The molecule has 1 heterocycles. The fourth-order valence-corrected chi connectivity index (χ4v) is 1.76. The van der Waals surface area contributed by atoms with Gasteiger partial charge >= 0.3 is 0 Å². The van der Waals surface area contributed by atoms with E-state index in [9.17, 15) is 4.79 Å². The zero-order chi connectivity index (χ0) is 13.7. The molecule has 0 saturated carbocycles. The van der Waals surface area contributed by atoms with Gasteiger partial charge in [0.05, 0.1) is 22.5 Å². The van der Waals surface area contributed by atoms with Crippen molar-refractivity contribution in [3.63, 3.8) is 0 Å². The van der Waals surface area contributed by atoms with Gasteiger partial charge in [0.2, 0.25) is 0 Å². The monoisotopic (exact) mass is 294 g/mol. The van der Waals surface area contributed by atoms with E-state index in [1.54, 1.807) is 18.2 Å². The fraction of sp³-hybridized carbons (Fsp3) is 0. The number of amides is 1. The SMILES string of the molecule is O=C(NN=Cc1c(Cl)cccc1Cl)c1cnccn1. The number of hydrogen-bond acceptors (Lipinski definition) is 4. The summed E-state index contributed by atoms with van der Waals surface area (Å²) in [5, 5.41) is 4.68. The Balaban J connectivity index is 2.07. The van der Waals surface area contributed by atoms with Gasteiger partial charge in [0.15, 0.2) is 0 Å². The largest absolute Gasteiger partial charge is 0.291 e. The highest BCUT2D eigenvalue weighted by Gasteiger charge is 2.05. The van der Waals surface area contributed by atoms with Crippen molar-refractivity contribution in [2.45, 2.75) is 0 Å². The van der Waals surface area contributed by atoms with Gasteiger partial charge in [-0.25, -0.2) is 10.4 Å². The van der Waals surface area contributed by atoms with Crippen LogP contribution >= 0.6 is 23.2 Å². The van der Waals surface area contributed by atoms with Crippen LogP contribution in [0, 0.1) is 0 Å². The molecule has 2 rings (SSSR count). The standard InChI is InChI=1S/C12H8Cl2N4O/c13-9-2-1-3-10(14)8(9)6-17-18-12(19)11-7-15-4-5-16-11/h1-7H,(H,18,19). The number of benzene rings is 1. The third-order valence-electron chi connectivity index (χ3n) is 2.16. The van der Waals surface area contributed by atoms with Crippen molar-refractivity contribution in [1.82, 2.24) is 15.4 Å². The molecule has 0 spiro atoms. The first kappa shape index (κ1) is 13.5. The third-order valence-corrected chi connectivity index (χ3v) is 2.81. The molecule has 0 unspecified atom stereocenters. The van der Waals surface area contributed by atoms with Crippen LogP contribution in [-0.4, -0.2) is 22.1 Å². The molecule has 5 nitrogen and oxygen atoms in total. The quantitative estimate of drug-likeness (QED) is 0.699. The van der Waals surface area contributed by atoms with E-state index in [4.69, 9.17) is 23.2 Å². The Bertz CT molecular complexity index is 596. The van der Waals surface area contributed by atoms with Crippen molar-refractivity contribution in [2.75, 3.05) is 0 Å².